The number of rotatable bonds is 5. The number of hydrogen-bond donors (Lipinski definition) is 2. The Bertz CT molecular complexity index is 1020. The van der Waals surface area contributed by atoms with E-state index in [0.29, 0.717) is 30.6 Å². The highest BCUT2D eigenvalue weighted by Gasteiger charge is 2.31. The summed E-state index contributed by atoms with van der Waals surface area (Å²) < 4.78 is 18.7. The molecule has 2 heterocycles. The summed E-state index contributed by atoms with van der Waals surface area (Å²) in [4.78, 5) is 38.4. The highest BCUT2D eigenvalue weighted by molar-refractivity contribution is 6.39. The number of halogens is 1. The smallest absolute Gasteiger partial charge is 0.313 e. The van der Waals surface area contributed by atoms with Gasteiger partial charge in [-0.25, -0.2) is 4.39 Å². The quantitative estimate of drug-likeness (QED) is 0.738. The molecule has 2 aliphatic heterocycles. The Morgan fingerprint density at radius 2 is 1.90 bits per heavy atom. The van der Waals surface area contributed by atoms with Crippen LogP contribution in [0.3, 0.4) is 0 Å². The van der Waals surface area contributed by atoms with Gasteiger partial charge in [0.2, 0.25) is 5.91 Å². The number of amides is 3. The van der Waals surface area contributed by atoms with Crippen LogP contribution in [0.5, 0.6) is 0 Å². The van der Waals surface area contributed by atoms with Crippen molar-refractivity contribution in [3.8, 4) is 0 Å². The molecule has 0 saturated heterocycles. The second kappa shape index (κ2) is 8.23. The molecule has 156 valence electrons. The maximum Gasteiger partial charge on any atom is 0.313 e. The molecule has 0 aliphatic carbocycles. The monoisotopic (exact) mass is 411 g/mol. The van der Waals surface area contributed by atoms with Crippen molar-refractivity contribution in [2.45, 2.75) is 25.4 Å². The molecule has 2 aromatic carbocycles. The summed E-state index contributed by atoms with van der Waals surface area (Å²) in [5.41, 5.74) is 4.06. The Kier molecular flexibility index (Phi) is 5.50. The minimum absolute atomic E-state index is 0.0265. The van der Waals surface area contributed by atoms with Gasteiger partial charge in [-0.15, -0.1) is 0 Å². The Hall–Kier alpha value is -3.26. The van der Waals surface area contributed by atoms with Crippen molar-refractivity contribution in [3.63, 3.8) is 0 Å². The Labute approximate surface area is 173 Å². The summed E-state index contributed by atoms with van der Waals surface area (Å²) in [6.45, 7) is 0.677. The summed E-state index contributed by atoms with van der Waals surface area (Å²) in [6.07, 6.45) is 1.22. The summed E-state index contributed by atoms with van der Waals surface area (Å²) in [5, 5.41) is 5.16. The van der Waals surface area contributed by atoms with E-state index in [1.54, 1.807) is 17.0 Å². The van der Waals surface area contributed by atoms with Crippen LogP contribution in [0.2, 0.25) is 0 Å². The average molecular weight is 411 g/mol. The minimum Gasteiger partial charge on any atom is -0.375 e. The van der Waals surface area contributed by atoms with Gasteiger partial charge in [0.25, 0.3) is 0 Å². The van der Waals surface area contributed by atoms with Crippen LogP contribution in [-0.2, 0) is 32.0 Å². The topological polar surface area (TPSA) is 87.7 Å². The second-order valence-electron chi connectivity index (χ2n) is 7.38. The zero-order chi connectivity index (χ0) is 21.3. The number of nitrogens with one attached hydrogen (secondary N) is 2. The van der Waals surface area contributed by atoms with Crippen LogP contribution >= 0.6 is 0 Å². The molecule has 0 aromatic heterocycles. The normalized spacial score (nSPS) is 15.5. The maximum atomic E-state index is 13.4. The molecule has 1 unspecified atom stereocenters. The Balaban J connectivity index is 1.40. The number of carbonyl (C=O) groups excluding carboxylic acids is 3. The Morgan fingerprint density at radius 3 is 2.63 bits per heavy atom. The predicted molar refractivity (Wildman–Crippen MR) is 109 cm³/mol. The van der Waals surface area contributed by atoms with Crippen LogP contribution in [0.1, 0.15) is 29.2 Å². The second-order valence-corrected chi connectivity index (χ2v) is 7.38. The SMILES string of the molecule is COC(CNC(=O)C(=O)Nc1cc2c3c(c1)CCN3C(=O)CC2)c1cccc(F)c1. The molecule has 3 amide bonds. The average Bonchev–Trinajstić information content (AvgIpc) is 3.16. The minimum atomic E-state index is -0.806. The molecule has 0 fully saturated rings. The molecule has 0 spiro atoms. The molecule has 30 heavy (non-hydrogen) atoms. The first kappa shape index (κ1) is 20.0. The van der Waals surface area contributed by atoms with Crippen molar-refractivity contribution in [1.29, 1.82) is 0 Å². The fraction of sp³-hybridized carbons (Fsp3) is 0.318. The molecule has 8 heteroatoms. The molecule has 2 aromatic rings. The summed E-state index contributed by atoms with van der Waals surface area (Å²) in [5.74, 6) is -1.87. The lowest BCUT2D eigenvalue weighted by Gasteiger charge is -2.25. The number of carbonyl (C=O) groups is 3. The van der Waals surface area contributed by atoms with Gasteiger partial charge in [-0.1, -0.05) is 12.1 Å². The lowest BCUT2D eigenvalue weighted by molar-refractivity contribution is -0.136. The van der Waals surface area contributed by atoms with Crippen LogP contribution in [0.4, 0.5) is 15.8 Å². The largest absolute Gasteiger partial charge is 0.375 e. The van der Waals surface area contributed by atoms with Crippen molar-refractivity contribution in [2.24, 2.45) is 0 Å². The molecule has 0 saturated carbocycles. The van der Waals surface area contributed by atoms with Crippen molar-refractivity contribution in [3.05, 3.63) is 58.9 Å². The molecule has 1 atom stereocenters. The molecular weight excluding hydrogens is 389 g/mol. The highest BCUT2D eigenvalue weighted by Crippen LogP contribution is 2.38. The van der Waals surface area contributed by atoms with Crippen molar-refractivity contribution in [1.82, 2.24) is 5.32 Å². The first-order chi connectivity index (χ1) is 14.5. The van der Waals surface area contributed by atoms with Gasteiger partial charge < -0.3 is 20.3 Å². The van der Waals surface area contributed by atoms with E-state index in [4.69, 9.17) is 4.74 Å². The van der Waals surface area contributed by atoms with E-state index in [-0.39, 0.29) is 12.5 Å². The van der Waals surface area contributed by atoms with E-state index >= 15 is 0 Å². The van der Waals surface area contributed by atoms with Crippen molar-refractivity contribution >= 4 is 29.1 Å². The van der Waals surface area contributed by atoms with E-state index in [2.05, 4.69) is 10.6 Å². The lowest BCUT2D eigenvalue weighted by atomic mass is 9.98. The third kappa shape index (κ3) is 3.91. The number of hydrogen-bond acceptors (Lipinski definition) is 4. The lowest BCUT2D eigenvalue weighted by Crippen LogP contribution is -2.38. The molecule has 2 aliphatic rings. The summed E-state index contributed by atoms with van der Waals surface area (Å²) in [6, 6.07) is 9.52. The summed E-state index contributed by atoms with van der Waals surface area (Å²) in [7, 11) is 1.45. The van der Waals surface area contributed by atoms with Gasteiger partial charge in [0, 0.05) is 32.3 Å². The number of benzene rings is 2. The van der Waals surface area contributed by atoms with E-state index in [9.17, 15) is 18.8 Å². The maximum absolute atomic E-state index is 13.4. The third-order valence-corrected chi connectivity index (χ3v) is 5.47. The zero-order valence-electron chi connectivity index (χ0n) is 16.5. The number of aryl methyl sites for hydroxylation is 1. The fourth-order valence-electron chi connectivity index (χ4n) is 4.03. The molecule has 0 radical (unpaired) electrons. The molecule has 4 rings (SSSR count). The van der Waals surface area contributed by atoms with Gasteiger partial charge >= 0.3 is 11.8 Å². The fourth-order valence-corrected chi connectivity index (χ4v) is 4.03. The number of anilines is 2. The molecule has 7 nitrogen and oxygen atoms in total. The molecule has 2 N–H and O–H groups in total. The van der Waals surface area contributed by atoms with Gasteiger partial charge in [-0.05, 0) is 53.8 Å². The number of nitrogens with zero attached hydrogens (tertiary/aromatic N) is 1. The van der Waals surface area contributed by atoms with Crippen LogP contribution in [0.15, 0.2) is 36.4 Å². The van der Waals surface area contributed by atoms with Crippen LogP contribution in [0.25, 0.3) is 0 Å². The third-order valence-electron chi connectivity index (χ3n) is 5.47. The highest BCUT2D eigenvalue weighted by atomic mass is 19.1. The zero-order valence-corrected chi connectivity index (χ0v) is 16.5. The molecular formula is C22H22FN3O4. The van der Waals surface area contributed by atoms with Gasteiger partial charge in [0.15, 0.2) is 0 Å². The van der Waals surface area contributed by atoms with E-state index in [1.165, 1.54) is 19.2 Å². The van der Waals surface area contributed by atoms with Gasteiger partial charge in [-0.3, -0.25) is 14.4 Å². The van der Waals surface area contributed by atoms with Gasteiger partial charge in [0.05, 0.1) is 11.8 Å². The van der Waals surface area contributed by atoms with Gasteiger partial charge in [0.1, 0.15) is 5.82 Å². The van der Waals surface area contributed by atoms with Crippen LogP contribution in [-0.4, -0.2) is 37.9 Å². The van der Waals surface area contributed by atoms with Crippen LogP contribution in [0, 0.1) is 5.82 Å². The first-order valence-electron chi connectivity index (χ1n) is 9.80. The van der Waals surface area contributed by atoms with E-state index in [1.807, 2.05) is 12.1 Å². The number of ether oxygens (including phenoxy) is 1. The summed E-state index contributed by atoms with van der Waals surface area (Å²) >= 11 is 0. The number of methoxy groups -OCH3 is 1. The first-order valence-corrected chi connectivity index (χ1v) is 9.80. The predicted octanol–water partition coefficient (Wildman–Crippen LogP) is 2.10. The standard InChI is InChI=1S/C22H22FN3O4/c1-30-18(13-3-2-4-16(23)9-13)12-24-21(28)22(29)25-17-10-14-5-6-19(27)26-8-7-15(11-17)20(14)26/h2-4,9-11,18H,5-8,12H2,1H3,(H,24,28)(H,25,29). The van der Waals surface area contributed by atoms with Crippen LogP contribution < -0.4 is 15.5 Å². The van der Waals surface area contributed by atoms with E-state index in [0.717, 1.165) is 23.2 Å². The van der Waals surface area contributed by atoms with E-state index < -0.39 is 23.7 Å². The van der Waals surface area contributed by atoms with Crippen molar-refractivity contribution < 1.29 is 23.5 Å². The molecule has 0 bridgehead atoms. The van der Waals surface area contributed by atoms with Crippen molar-refractivity contribution in [2.75, 3.05) is 30.4 Å². The van der Waals surface area contributed by atoms with Gasteiger partial charge in [-0.2, -0.15) is 0 Å². The Morgan fingerprint density at radius 1 is 1.13 bits per heavy atom.